The summed E-state index contributed by atoms with van der Waals surface area (Å²) in [5.74, 6) is 2.10. The van der Waals surface area contributed by atoms with Gasteiger partial charge in [-0.3, -0.25) is 9.69 Å². The van der Waals surface area contributed by atoms with Gasteiger partial charge in [-0.2, -0.15) is 11.3 Å². The molecule has 5 heteroatoms. The van der Waals surface area contributed by atoms with Crippen LogP contribution in [0.5, 0.6) is 0 Å². The number of nitrogens with zero attached hydrogens (tertiary/aromatic N) is 1. The van der Waals surface area contributed by atoms with Gasteiger partial charge in [-0.1, -0.05) is 0 Å². The molecule has 2 saturated heterocycles. The van der Waals surface area contributed by atoms with E-state index in [9.17, 15) is 4.79 Å². The minimum atomic E-state index is 0.141. The van der Waals surface area contributed by atoms with E-state index in [1.807, 2.05) is 0 Å². The monoisotopic (exact) mass is 334 g/mol. The number of ether oxygens (including phenoxy) is 1. The minimum absolute atomic E-state index is 0.141. The van der Waals surface area contributed by atoms with Crippen LogP contribution in [0.25, 0.3) is 0 Å². The SMILES string of the molecule is O=C(C[C@@H]1OC[C@@H]2CN(Cc3ccsc3)CC[C@@H]21)NCC1CC1. The van der Waals surface area contributed by atoms with Crippen molar-refractivity contribution in [1.82, 2.24) is 10.2 Å². The first-order chi connectivity index (χ1) is 11.3. The number of amides is 1. The summed E-state index contributed by atoms with van der Waals surface area (Å²) in [6.07, 6.45) is 4.42. The van der Waals surface area contributed by atoms with Crippen LogP contribution in [0.3, 0.4) is 0 Å². The smallest absolute Gasteiger partial charge is 0.222 e. The van der Waals surface area contributed by atoms with Gasteiger partial charge >= 0.3 is 0 Å². The van der Waals surface area contributed by atoms with Crippen molar-refractivity contribution < 1.29 is 9.53 Å². The van der Waals surface area contributed by atoms with Gasteiger partial charge in [-0.25, -0.2) is 0 Å². The van der Waals surface area contributed by atoms with E-state index in [0.717, 1.165) is 45.1 Å². The molecule has 0 spiro atoms. The highest BCUT2D eigenvalue weighted by Crippen LogP contribution is 2.36. The third kappa shape index (κ3) is 3.95. The standard InChI is InChI=1S/C18H26N2O2S/c21-18(19-8-13-1-2-13)7-17-16-3-5-20(10-15(16)11-22-17)9-14-4-6-23-12-14/h4,6,12-13,15-17H,1-3,5,7-11H2,(H,19,21)/t15-,16-,17-/m0/s1. The molecule has 4 rings (SSSR count). The summed E-state index contributed by atoms with van der Waals surface area (Å²) in [5.41, 5.74) is 1.42. The van der Waals surface area contributed by atoms with Gasteiger partial charge < -0.3 is 10.1 Å². The Hall–Kier alpha value is -0.910. The molecule has 1 amide bonds. The van der Waals surface area contributed by atoms with Crippen molar-refractivity contribution in [2.45, 2.75) is 38.3 Å². The minimum Gasteiger partial charge on any atom is -0.377 e. The summed E-state index contributed by atoms with van der Waals surface area (Å²) in [6.45, 7) is 4.99. The average Bonchev–Trinajstić information content (AvgIpc) is 3.10. The molecule has 1 N–H and O–H groups in total. The lowest BCUT2D eigenvalue weighted by atomic mass is 9.83. The summed E-state index contributed by atoms with van der Waals surface area (Å²) < 4.78 is 5.99. The number of piperidine rings is 1. The molecule has 3 atom stereocenters. The second-order valence-corrected chi connectivity index (χ2v) is 8.18. The molecule has 0 radical (unpaired) electrons. The van der Waals surface area contributed by atoms with E-state index < -0.39 is 0 Å². The van der Waals surface area contributed by atoms with E-state index >= 15 is 0 Å². The lowest BCUT2D eigenvalue weighted by molar-refractivity contribution is -0.123. The highest BCUT2D eigenvalue weighted by Gasteiger charge is 2.41. The van der Waals surface area contributed by atoms with Crippen LogP contribution < -0.4 is 5.32 Å². The van der Waals surface area contributed by atoms with Gasteiger partial charge in [0.1, 0.15) is 0 Å². The van der Waals surface area contributed by atoms with Crippen LogP contribution in [-0.4, -0.2) is 43.2 Å². The summed E-state index contributed by atoms with van der Waals surface area (Å²) in [4.78, 5) is 14.6. The molecule has 1 saturated carbocycles. The van der Waals surface area contributed by atoms with Crippen molar-refractivity contribution >= 4 is 17.2 Å². The fraction of sp³-hybridized carbons (Fsp3) is 0.722. The molecule has 3 heterocycles. The van der Waals surface area contributed by atoms with E-state index in [1.54, 1.807) is 11.3 Å². The molecule has 3 aliphatic rings. The molecule has 1 aromatic rings. The fourth-order valence-electron chi connectivity index (χ4n) is 3.99. The van der Waals surface area contributed by atoms with Crippen LogP contribution in [-0.2, 0) is 16.1 Å². The van der Waals surface area contributed by atoms with Crippen LogP contribution in [0.4, 0.5) is 0 Å². The molecule has 0 bridgehead atoms. The first-order valence-electron chi connectivity index (χ1n) is 8.89. The number of likely N-dealkylation sites (tertiary alicyclic amines) is 1. The Morgan fingerprint density at radius 1 is 1.39 bits per heavy atom. The van der Waals surface area contributed by atoms with Crippen LogP contribution >= 0.6 is 11.3 Å². The molecule has 23 heavy (non-hydrogen) atoms. The molecule has 2 aliphatic heterocycles. The quantitative estimate of drug-likeness (QED) is 0.869. The first kappa shape index (κ1) is 15.6. The zero-order valence-corrected chi connectivity index (χ0v) is 14.4. The maximum absolute atomic E-state index is 12.1. The summed E-state index contributed by atoms with van der Waals surface area (Å²) in [6, 6.07) is 2.22. The van der Waals surface area contributed by atoms with Gasteiger partial charge in [0.2, 0.25) is 5.91 Å². The van der Waals surface area contributed by atoms with Crippen molar-refractivity contribution in [1.29, 1.82) is 0 Å². The molecule has 0 aromatic carbocycles. The van der Waals surface area contributed by atoms with E-state index in [0.29, 0.717) is 18.3 Å². The highest BCUT2D eigenvalue weighted by atomic mass is 32.1. The lowest BCUT2D eigenvalue weighted by Crippen LogP contribution is -2.41. The van der Waals surface area contributed by atoms with Gasteiger partial charge in [-0.15, -0.1) is 0 Å². The van der Waals surface area contributed by atoms with Gasteiger partial charge in [0.25, 0.3) is 0 Å². The van der Waals surface area contributed by atoms with Gasteiger partial charge in [0.05, 0.1) is 19.1 Å². The van der Waals surface area contributed by atoms with Crippen LogP contribution in [0.2, 0.25) is 0 Å². The average molecular weight is 334 g/mol. The van der Waals surface area contributed by atoms with Gasteiger partial charge in [-0.05, 0) is 60.0 Å². The van der Waals surface area contributed by atoms with Crippen molar-refractivity contribution in [3.63, 3.8) is 0 Å². The Morgan fingerprint density at radius 2 is 2.30 bits per heavy atom. The number of fused-ring (bicyclic) bond motifs is 1. The van der Waals surface area contributed by atoms with Crippen LogP contribution in [0.15, 0.2) is 16.8 Å². The van der Waals surface area contributed by atoms with Crippen molar-refractivity contribution in [2.24, 2.45) is 17.8 Å². The fourth-order valence-corrected chi connectivity index (χ4v) is 4.65. The Balaban J connectivity index is 1.25. The number of hydrogen-bond donors (Lipinski definition) is 1. The van der Waals surface area contributed by atoms with Crippen LogP contribution in [0.1, 0.15) is 31.2 Å². The first-order valence-corrected chi connectivity index (χ1v) is 9.84. The van der Waals surface area contributed by atoms with Crippen molar-refractivity contribution in [3.8, 4) is 0 Å². The van der Waals surface area contributed by atoms with E-state index in [4.69, 9.17) is 4.74 Å². The zero-order chi connectivity index (χ0) is 15.6. The van der Waals surface area contributed by atoms with Crippen molar-refractivity contribution in [3.05, 3.63) is 22.4 Å². The predicted molar refractivity (Wildman–Crippen MR) is 91.3 cm³/mol. The normalized spacial score (nSPS) is 31.0. The molecule has 4 nitrogen and oxygen atoms in total. The van der Waals surface area contributed by atoms with E-state index in [-0.39, 0.29) is 12.0 Å². The molecule has 1 aromatic heterocycles. The molecule has 3 fully saturated rings. The Bertz CT molecular complexity index is 529. The number of hydrogen-bond acceptors (Lipinski definition) is 4. The Morgan fingerprint density at radius 3 is 3.09 bits per heavy atom. The topological polar surface area (TPSA) is 41.6 Å². The lowest BCUT2D eigenvalue weighted by Gasteiger charge is -2.35. The zero-order valence-electron chi connectivity index (χ0n) is 13.6. The maximum Gasteiger partial charge on any atom is 0.222 e. The third-order valence-electron chi connectivity index (χ3n) is 5.54. The van der Waals surface area contributed by atoms with Crippen molar-refractivity contribution in [2.75, 3.05) is 26.2 Å². The predicted octanol–water partition coefficient (Wildman–Crippen LogP) is 2.50. The number of carbonyl (C=O) groups is 1. The summed E-state index contributed by atoms with van der Waals surface area (Å²) in [7, 11) is 0. The number of nitrogens with one attached hydrogen (secondary N) is 1. The maximum atomic E-state index is 12.1. The Labute approximate surface area is 142 Å². The van der Waals surface area contributed by atoms with E-state index in [1.165, 1.54) is 18.4 Å². The Kier molecular flexibility index (Phi) is 4.69. The van der Waals surface area contributed by atoms with E-state index in [2.05, 4.69) is 27.0 Å². The summed E-state index contributed by atoms with van der Waals surface area (Å²) in [5, 5.41) is 7.47. The molecule has 1 aliphatic carbocycles. The third-order valence-corrected chi connectivity index (χ3v) is 6.27. The number of rotatable bonds is 6. The second-order valence-electron chi connectivity index (χ2n) is 7.40. The van der Waals surface area contributed by atoms with Gasteiger partial charge in [0, 0.05) is 25.6 Å². The number of thiophene rings is 1. The largest absolute Gasteiger partial charge is 0.377 e. The number of carbonyl (C=O) groups excluding carboxylic acids is 1. The molecular formula is C18H26N2O2S. The summed E-state index contributed by atoms with van der Waals surface area (Å²) >= 11 is 1.77. The highest BCUT2D eigenvalue weighted by molar-refractivity contribution is 7.07. The molecule has 126 valence electrons. The molecular weight excluding hydrogens is 308 g/mol. The van der Waals surface area contributed by atoms with Gasteiger partial charge in [0.15, 0.2) is 0 Å². The second kappa shape index (κ2) is 6.91. The molecule has 0 unspecified atom stereocenters. The van der Waals surface area contributed by atoms with Crippen LogP contribution in [0, 0.1) is 17.8 Å².